The van der Waals surface area contributed by atoms with Gasteiger partial charge in [0.15, 0.2) is 0 Å². The van der Waals surface area contributed by atoms with E-state index in [4.69, 9.17) is 0 Å². The van der Waals surface area contributed by atoms with E-state index >= 15 is 4.39 Å². The molecule has 1 atom stereocenters. The Morgan fingerprint density at radius 3 is 2.39 bits per heavy atom. The van der Waals surface area contributed by atoms with E-state index in [-0.39, 0.29) is 18.7 Å². The fourth-order valence-corrected chi connectivity index (χ4v) is 4.31. The standard InChI is InChI=1S/C24H25F2NO/c1-22(2,18-7-9-19(25)10-8-18)16-24(28,23(26)12-13-23)15-17-11-14-27-21-6-4-3-5-20(17)21/h3-11,14,28H,12-13,15-16H2,1-2H3. The van der Waals surface area contributed by atoms with Crippen molar-refractivity contribution in [3.05, 3.63) is 77.7 Å². The van der Waals surface area contributed by atoms with Gasteiger partial charge in [-0.1, -0.05) is 44.2 Å². The van der Waals surface area contributed by atoms with Crippen LogP contribution < -0.4 is 0 Å². The molecule has 1 saturated carbocycles. The molecule has 0 bridgehead atoms. The number of nitrogens with zero attached hydrogens (tertiary/aromatic N) is 1. The van der Waals surface area contributed by atoms with E-state index in [1.807, 2.05) is 44.2 Å². The van der Waals surface area contributed by atoms with Crippen molar-refractivity contribution in [1.29, 1.82) is 0 Å². The predicted octanol–water partition coefficient (Wildman–Crippen LogP) is 5.52. The zero-order valence-corrected chi connectivity index (χ0v) is 16.3. The minimum atomic E-state index is -1.59. The summed E-state index contributed by atoms with van der Waals surface area (Å²) in [5, 5.41) is 12.5. The number of halogens is 2. The van der Waals surface area contributed by atoms with Crippen LogP contribution in [0.2, 0.25) is 0 Å². The Balaban J connectivity index is 1.70. The molecule has 0 spiro atoms. The average Bonchev–Trinajstić information content (AvgIpc) is 3.41. The molecular formula is C24H25F2NO. The second-order valence-corrected chi connectivity index (χ2v) is 8.73. The molecule has 1 aliphatic rings. The van der Waals surface area contributed by atoms with Crippen LogP contribution in [0.4, 0.5) is 8.78 Å². The number of hydrogen-bond acceptors (Lipinski definition) is 2. The van der Waals surface area contributed by atoms with E-state index in [9.17, 15) is 9.50 Å². The number of pyridine rings is 1. The van der Waals surface area contributed by atoms with Crippen molar-refractivity contribution in [2.75, 3.05) is 0 Å². The fourth-order valence-electron chi connectivity index (χ4n) is 4.31. The molecule has 0 saturated heterocycles. The molecule has 1 heterocycles. The third-order valence-electron chi connectivity index (χ3n) is 6.11. The highest BCUT2D eigenvalue weighted by molar-refractivity contribution is 5.82. The SMILES string of the molecule is CC(C)(CC(O)(Cc1ccnc2ccccc12)C1(F)CC1)c1ccc(F)cc1. The second-order valence-electron chi connectivity index (χ2n) is 8.73. The quantitative estimate of drug-likeness (QED) is 0.610. The van der Waals surface area contributed by atoms with Gasteiger partial charge in [0, 0.05) is 18.0 Å². The maximum Gasteiger partial charge on any atom is 0.140 e. The molecule has 0 radical (unpaired) electrons. The van der Waals surface area contributed by atoms with Crippen molar-refractivity contribution in [2.24, 2.45) is 0 Å². The molecule has 1 aliphatic carbocycles. The van der Waals surface area contributed by atoms with Crippen LogP contribution in [0.1, 0.15) is 44.2 Å². The Morgan fingerprint density at radius 1 is 1.04 bits per heavy atom. The number of para-hydroxylation sites is 1. The van der Waals surface area contributed by atoms with Gasteiger partial charge in [-0.05, 0) is 60.1 Å². The first-order valence-corrected chi connectivity index (χ1v) is 9.73. The predicted molar refractivity (Wildman–Crippen MR) is 108 cm³/mol. The van der Waals surface area contributed by atoms with Crippen molar-refractivity contribution < 1.29 is 13.9 Å². The summed E-state index contributed by atoms with van der Waals surface area (Å²) >= 11 is 0. The lowest BCUT2D eigenvalue weighted by atomic mass is 9.70. The molecule has 1 N–H and O–H groups in total. The average molecular weight is 381 g/mol. The fraction of sp³-hybridized carbons (Fsp3) is 0.375. The van der Waals surface area contributed by atoms with Crippen LogP contribution in [-0.2, 0) is 11.8 Å². The molecule has 1 unspecified atom stereocenters. The van der Waals surface area contributed by atoms with Crippen molar-refractivity contribution >= 4 is 10.9 Å². The summed E-state index contributed by atoms with van der Waals surface area (Å²) in [6, 6.07) is 15.8. The van der Waals surface area contributed by atoms with Crippen LogP contribution in [0, 0.1) is 5.82 Å². The maximum atomic E-state index is 15.4. The number of fused-ring (bicyclic) bond motifs is 1. The zero-order chi connectivity index (χ0) is 20.0. The van der Waals surface area contributed by atoms with E-state index in [1.54, 1.807) is 18.3 Å². The smallest absolute Gasteiger partial charge is 0.140 e. The molecule has 3 aromatic rings. The number of alkyl halides is 1. The third kappa shape index (κ3) is 3.42. The van der Waals surface area contributed by atoms with Gasteiger partial charge in [0.25, 0.3) is 0 Å². The van der Waals surface area contributed by atoms with E-state index in [0.717, 1.165) is 22.0 Å². The van der Waals surface area contributed by atoms with E-state index in [1.165, 1.54) is 12.1 Å². The van der Waals surface area contributed by atoms with E-state index in [2.05, 4.69) is 4.98 Å². The minimum absolute atomic E-state index is 0.219. The highest BCUT2D eigenvalue weighted by Crippen LogP contribution is 2.54. The normalized spacial score (nSPS) is 18.0. The summed E-state index contributed by atoms with van der Waals surface area (Å²) in [5.41, 5.74) is -0.983. The summed E-state index contributed by atoms with van der Waals surface area (Å²) in [6.07, 6.45) is 2.91. The first-order chi connectivity index (χ1) is 13.2. The minimum Gasteiger partial charge on any atom is -0.386 e. The molecule has 0 aliphatic heterocycles. The van der Waals surface area contributed by atoms with Gasteiger partial charge in [-0.3, -0.25) is 4.98 Å². The molecule has 146 valence electrons. The largest absolute Gasteiger partial charge is 0.386 e. The van der Waals surface area contributed by atoms with E-state index < -0.39 is 16.7 Å². The third-order valence-corrected chi connectivity index (χ3v) is 6.11. The van der Waals surface area contributed by atoms with Crippen LogP contribution in [0.15, 0.2) is 60.8 Å². The zero-order valence-electron chi connectivity index (χ0n) is 16.3. The number of aromatic nitrogens is 1. The lowest BCUT2D eigenvalue weighted by Crippen LogP contribution is -2.48. The van der Waals surface area contributed by atoms with Gasteiger partial charge in [0.2, 0.25) is 0 Å². The monoisotopic (exact) mass is 381 g/mol. The summed E-state index contributed by atoms with van der Waals surface area (Å²) in [7, 11) is 0. The van der Waals surface area contributed by atoms with Gasteiger partial charge in [-0.15, -0.1) is 0 Å². The van der Waals surface area contributed by atoms with Gasteiger partial charge in [-0.2, -0.15) is 0 Å². The first-order valence-electron chi connectivity index (χ1n) is 9.73. The second kappa shape index (κ2) is 6.63. The molecule has 2 nitrogen and oxygen atoms in total. The van der Waals surface area contributed by atoms with Crippen LogP contribution >= 0.6 is 0 Å². The number of aliphatic hydroxyl groups is 1. The summed E-state index contributed by atoms with van der Waals surface area (Å²) < 4.78 is 28.8. The van der Waals surface area contributed by atoms with Gasteiger partial charge in [0.05, 0.1) is 5.52 Å². The Hall–Kier alpha value is -2.33. The summed E-state index contributed by atoms with van der Waals surface area (Å²) in [5.74, 6) is -0.303. The first kappa shape index (κ1) is 19.0. The van der Waals surface area contributed by atoms with Gasteiger partial charge in [-0.25, -0.2) is 8.78 Å². The van der Waals surface area contributed by atoms with Crippen molar-refractivity contribution in [1.82, 2.24) is 4.98 Å². The lowest BCUT2D eigenvalue weighted by molar-refractivity contribution is -0.0688. The van der Waals surface area contributed by atoms with Crippen LogP contribution in [0.3, 0.4) is 0 Å². The summed E-state index contributed by atoms with van der Waals surface area (Å²) in [6.45, 7) is 3.95. The lowest BCUT2D eigenvalue weighted by Gasteiger charge is -2.39. The van der Waals surface area contributed by atoms with Crippen molar-refractivity contribution in [3.63, 3.8) is 0 Å². The van der Waals surface area contributed by atoms with Crippen molar-refractivity contribution in [3.8, 4) is 0 Å². The number of hydrogen-bond donors (Lipinski definition) is 1. The molecular weight excluding hydrogens is 356 g/mol. The highest BCUT2D eigenvalue weighted by atomic mass is 19.1. The molecule has 2 aromatic carbocycles. The molecule has 1 aromatic heterocycles. The van der Waals surface area contributed by atoms with Gasteiger partial charge < -0.3 is 5.11 Å². The summed E-state index contributed by atoms with van der Waals surface area (Å²) in [4.78, 5) is 4.37. The highest BCUT2D eigenvalue weighted by Gasteiger charge is 2.61. The van der Waals surface area contributed by atoms with Gasteiger partial charge in [0.1, 0.15) is 17.1 Å². The Kier molecular flexibility index (Phi) is 4.50. The van der Waals surface area contributed by atoms with Gasteiger partial charge >= 0.3 is 0 Å². The van der Waals surface area contributed by atoms with Crippen molar-refractivity contribution in [2.45, 2.75) is 56.2 Å². The topological polar surface area (TPSA) is 33.1 Å². The molecule has 28 heavy (non-hydrogen) atoms. The molecule has 1 fully saturated rings. The molecule has 0 amide bonds. The van der Waals surface area contributed by atoms with Crippen LogP contribution in [0.25, 0.3) is 10.9 Å². The number of benzene rings is 2. The Bertz CT molecular complexity index is 990. The molecule has 4 heteroatoms. The van der Waals surface area contributed by atoms with Crippen LogP contribution in [-0.4, -0.2) is 21.4 Å². The maximum absolute atomic E-state index is 15.4. The Labute approximate surface area is 164 Å². The number of rotatable bonds is 6. The molecule has 4 rings (SSSR count). The Morgan fingerprint density at radius 2 is 1.71 bits per heavy atom. The van der Waals surface area contributed by atoms with Crippen LogP contribution in [0.5, 0.6) is 0 Å². The van der Waals surface area contributed by atoms with E-state index in [0.29, 0.717) is 12.8 Å².